The van der Waals surface area contributed by atoms with Crippen LogP contribution in [0.4, 0.5) is 4.79 Å². The van der Waals surface area contributed by atoms with Gasteiger partial charge in [0, 0.05) is 43.3 Å². The molecule has 3 amide bonds. The van der Waals surface area contributed by atoms with E-state index < -0.39 is 36.3 Å². The molecule has 2 fully saturated rings. The minimum Gasteiger partial charge on any atom is -0.436 e. The number of aromatic nitrogens is 1. The molecule has 1 aromatic heterocycles. The molecule has 47 heavy (non-hydrogen) atoms. The zero-order valence-corrected chi connectivity index (χ0v) is 29.1. The Hall–Kier alpha value is -2.80. The summed E-state index contributed by atoms with van der Waals surface area (Å²) < 4.78 is 5.80. The summed E-state index contributed by atoms with van der Waals surface area (Å²) in [5.41, 5.74) is 6.85. The number of piperidine rings is 1. The Morgan fingerprint density at radius 3 is 2.40 bits per heavy atom. The molecule has 4 atom stereocenters. The normalized spacial score (nSPS) is 18.5. The fraction of sp³-hybridized carbons (Fsp3) is 0.600. The highest BCUT2D eigenvalue weighted by atomic mass is 32.2. The Balaban J connectivity index is 1.42. The number of hydrogen-bond acceptors (Lipinski definition) is 9. The molecule has 0 spiro atoms. The molecule has 1 aliphatic heterocycles. The molecule has 1 aliphatic carbocycles. The molecule has 5 N–H and O–H groups in total. The molecule has 0 radical (unpaired) electrons. The number of nitrogens with zero attached hydrogens (tertiary/aromatic N) is 2. The van der Waals surface area contributed by atoms with Gasteiger partial charge in [-0.05, 0) is 55.6 Å². The third kappa shape index (κ3) is 12.6. The number of nitrogens with one attached hydrogen (secondary N) is 2. The van der Waals surface area contributed by atoms with E-state index in [4.69, 9.17) is 10.5 Å². The summed E-state index contributed by atoms with van der Waals surface area (Å²) in [7, 11) is 0. The number of pyridine rings is 1. The summed E-state index contributed by atoms with van der Waals surface area (Å²) in [5, 5.41) is 18.2. The predicted octanol–water partition coefficient (Wildman–Crippen LogP) is 4.40. The zero-order chi connectivity index (χ0) is 33.4. The molecule has 10 nitrogen and oxygen atoms in total. The van der Waals surface area contributed by atoms with Crippen LogP contribution in [0.15, 0.2) is 59.8 Å². The van der Waals surface area contributed by atoms with Gasteiger partial charge in [0.25, 0.3) is 5.91 Å². The van der Waals surface area contributed by atoms with Crippen molar-refractivity contribution in [2.24, 2.45) is 11.7 Å². The van der Waals surface area contributed by atoms with E-state index >= 15 is 0 Å². The Bertz CT molecular complexity index is 1230. The summed E-state index contributed by atoms with van der Waals surface area (Å²) in [6.07, 6.45) is 9.63. The van der Waals surface area contributed by atoms with Crippen LogP contribution >= 0.6 is 23.5 Å². The third-order valence-electron chi connectivity index (χ3n) is 8.97. The Morgan fingerprint density at radius 2 is 1.72 bits per heavy atom. The van der Waals surface area contributed by atoms with Gasteiger partial charge in [-0.15, -0.1) is 11.8 Å². The van der Waals surface area contributed by atoms with Crippen LogP contribution < -0.4 is 16.4 Å². The topological polar surface area (TPSA) is 147 Å². The van der Waals surface area contributed by atoms with Crippen LogP contribution in [0.25, 0.3) is 0 Å². The van der Waals surface area contributed by atoms with Crippen LogP contribution in [0.1, 0.15) is 63.4 Å². The summed E-state index contributed by atoms with van der Waals surface area (Å²) in [6.45, 7) is 0.949. The number of benzene rings is 1. The van der Waals surface area contributed by atoms with E-state index in [9.17, 15) is 19.5 Å². The molecule has 258 valence electrons. The van der Waals surface area contributed by atoms with Gasteiger partial charge < -0.3 is 31.1 Å². The van der Waals surface area contributed by atoms with E-state index in [1.54, 1.807) is 22.9 Å². The fourth-order valence-electron chi connectivity index (χ4n) is 6.20. The maximum atomic E-state index is 13.8. The van der Waals surface area contributed by atoms with E-state index in [0.29, 0.717) is 56.2 Å². The minimum absolute atomic E-state index is 0.0494. The molecule has 0 unspecified atom stereocenters. The number of aliphatic hydroxyl groups is 1. The predicted molar refractivity (Wildman–Crippen MR) is 188 cm³/mol. The fourth-order valence-corrected chi connectivity index (χ4v) is 7.65. The average Bonchev–Trinajstić information content (AvgIpc) is 3.09. The zero-order valence-electron chi connectivity index (χ0n) is 27.4. The Morgan fingerprint density at radius 1 is 1.00 bits per heavy atom. The van der Waals surface area contributed by atoms with Crippen molar-refractivity contribution in [2.45, 2.75) is 99.6 Å². The summed E-state index contributed by atoms with van der Waals surface area (Å²) >= 11 is 3.02. The maximum absolute atomic E-state index is 13.8. The molecular formula is C35H51N5O5S2. The highest BCUT2D eigenvalue weighted by Gasteiger charge is 2.33. The van der Waals surface area contributed by atoms with Gasteiger partial charge in [0.2, 0.25) is 5.91 Å². The highest BCUT2D eigenvalue weighted by Crippen LogP contribution is 2.29. The molecule has 2 aromatic rings. The van der Waals surface area contributed by atoms with Gasteiger partial charge in [-0.3, -0.25) is 9.59 Å². The van der Waals surface area contributed by atoms with E-state index in [1.165, 1.54) is 18.2 Å². The lowest BCUT2D eigenvalue weighted by Crippen LogP contribution is -2.56. The van der Waals surface area contributed by atoms with Crippen molar-refractivity contribution in [1.82, 2.24) is 20.5 Å². The van der Waals surface area contributed by atoms with Crippen molar-refractivity contribution < 1.29 is 24.2 Å². The number of carbonyl (C=O) groups excluding carboxylic acids is 3. The number of thioether (sulfide) groups is 2. The summed E-state index contributed by atoms with van der Waals surface area (Å²) in [5.74, 6) is 0.547. The van der Waals surface area contributed by atoms with Crippen molar-refractivity contribution in [1.29, 1.82) is 0 Å². The van der Waals surface area contributed by atoms with Gasteiger partial charge in [-0.1, -0.05) is 68.5 Å². The van der Waals surface area contributed by atoms with Crippen LogP contribution in [-0.4, -0.2) is 94.1 Å². The van der Waals surface area contributed by atoms with E-state index in [1.807, 2.05) is 54.8 Å². The number of likely N-dealkylation sites (tertiary alicyclic amines) is 1. The van der Waals surface area contributed by atoms with Gasteiger partial charge >= 0.3 is 6.09 Å². The van der Waals surface area contributed by atoms with Gasteiger partial charge in [0.15, 0.2) is 6.10 Å². The number of amides is 3. The van der Waals surface area contributed by atoms with E-state index in [2.05, 4.69) is 15.6 Å². The summed E-state index contributed by atoms with van der Waals surface area (Å²) in [4.78, 5) is 46.6. The van der Waals surface area contributed by atoms with E-state index in [0.717, 1.165) is 36.3 Å². The van der Waals surface area contributed by atoms with Crippen LogP contribution in [0.5, 0.6) is 0 Å². The molecule has 2 heterocycles. The number of aliphatic hydroxyl groups excluding tert-OH is 1. The number of rotatable bonds is 16. The lowest BCUT2D eigenvalue weighted by atomic mass is 9.83. The maximum Gasteiger partial charge on any atom is 0.410 e. The standard InChI is InChI=1S/C35H51N5O5S2/c1-46-24-29(39-34(43)31(23-26-12-6-3-7-13-26)45-35(44)40-19-15-27(36)16-20-40)33(42)38-28(22-25-10-4-2-5-11-25)30(41)17-21-47-32-14-8-9-18-37-32/h3,6-9,12-14,18,25,27-31,41H,2,4-5,10-11,15-17,19-24,36H2,1H3,(H,38,42)(H,39,43)/t28-,29-,30-,31-/m0/s1. The number of carbonyl (C=O) groups is 3. The third-order valence-corrected chi connectivity index (χ3v) is 10.6. The first-order chi connectivity index (χ1) is 22.8. The van der Waals surface area contributed by atoms with Crippen LogP contribution in [0.3, 0.4) is 0 Å². The van der Waals surface area contributed by atoms with Gasteiger partial charge in [-0.2, -0.15) is 11.8 Å². The molecular weight excluding hydrogens is 635 g/mol. The number of ether oxygens (including phenoxy) is 1. The van der Waals surface area contributed by atoms with Gasteiger partial charge in [-0.25, -0.2) is 9.78 Å². The molecule has 2 aliphatic rings. The lowest BCUT2D eigenvalue weighted by Gasteiger charge is -2.32. The second-order valence-corrected chi connectivity index (χ2v) is 14.7. The van der Waals surface area contributed by atoms with Crippen molar-refractivity contribution in [2.75, 3.05) is 30.9 Å². The van der Waals surface area contributed by atoms with Crippen molar-refractivity contribution in [3.63, 3.8) is 0 Å². The second kappa shape index (κ2) is 19.9. The van der Waals surface area contributed by atoms with E-state index in [-0.39, 0.29) is 18.4 Å². The highest BCUT2D eigenvalue weighted by molar-refractivity contribution is 7.99. The molecule has 1 aromatic carbocycles. The lowest BCUT2D eigenvalue weighted by molar-refractivity contribution is -0.134. The Kier molecular flexibility index (Phi) is 15.7. The monoisotopic (exact) mass is 685 g/mol. The average molecular weight is 686 g/mol. The quantitative estimate of drug-likeness (QED) is 0.189. The van der Waals surface area contributed by atoms with Crippen LogP contribution in [0.2, 0.25) is 0 Å². The van der Waals surface area contributed by atoms with Gasteiger partial charge in [0.05, 0.1) is 17.2 Å². The van der Waals surface area contributed by atoms with Crippen molar-refractivity contribution in [3.05, 3.63) is 60.3 Å². The van der Waals surface area contributed by atoms with Crippen molar-refractivity contribution in [3.8, 4) is 0 Å². The largest absolute Gasteiger partial charge is 0.436 e. The van der Waals surface area contributed by atoms with Crippen molar-refractivity contribution >= 4 is 41.4 Å². The Labute approximate surface area is 287 Å². The molecule has 1 saturated heterocycles. The SMILES string of the molecule is CSC[C@H](NC(=O)[C@H](Cc1ccccc1)OC(=O)N1CCC(N)CC1)C(=O)N[C@@H](CC1CCCCC1)[C@@H](O)CCSc1ccccn1. The molecule has 0 bridgehead atoms. The van der Waals surface area contributed by atoms with Crippen LogP contribution in [-0.2, 0) is 20.7 Å². The number of hydrogen-bond donors (Lipinski definition) is 4. The number of nitrogens with two attached hydrogens (primary N) is 1. The molecule has 4 rings (SSSR count). The smallest absolute Gasteiger partial charge is 0.410 e. The van der Waals surface area contributed by atoms with Crippen LogP contribution in [0, 0.1) is 5.92 Å². The first-order valence-corrected chi connectivity index (χ1v) is 19.3. The minimum atomic E-state index is -1.12. The van der Waals surface area contributed by atoms with Gasteiger partial charge in [0.1, 0.15) is 6.04 Å². The summed E-state index contributed by atoms with van der Waals surface area (Å²) in [6, 6.07) is 13.9. The molecule has 1 saturated carbocycles. The second-order valence-electron chi connectivity index (χ2n) is 12.6. The first kappa shape index (κ1) is 37.0. The molecule has 12 heteroatoms. The first-order valence-electron chi connectivity index (χ1n) is 16.9.